The van der Waals surface area contributed by atoms with Gasteiger partial charge in [0, 0.05) is 11.6 Å². The molecule has 3 nitrogen and oxygen atoms in total. The van der Waals surface area contributed by atoms with Gasteiger partial charge in [0.25, 0.3) is 0 Å². The van der Waals surface area contributed by atoms with Gasteiger partial charge in [-0.3, -0.25) is 0 Å². The summed E-state index contributed by atoms with van der Waals surface area (Å²) < 4.78 is 26.1. The van der Waals surface area contributed by atoms with Gasteiger partial charge in [0.05, 0.1) is 5.02 Å². The van der Waals surface area contributed by atoms with Crippen molar-refractivity contribution in [3.05, 3.63) is 27.7 Å². The Kier molecular flexibility index (Phi) is 4.62. The second kappa shape index (κ2) is 5.36. The van der Waals surface area contributed by atoms with Crippen LogP contribution in [0.4, 0.5) is 0 Å². The number of sulfonamides is 1. The molecule has 1 aromatic carbocycles. The Hall–Kier alpha value is -0.290. The van der Waals surface area contributed by atoms with E-state index in [2.05, 4.69) is 4.72 Å². The van der Waals surface area contributed by atoms with Gasteiger partial charge < -0.3 is 0 Å². The summed E-state index contributed by atoms with van der Waals surface area (Å²) in [4.78, 5) is 0.0736. The van der Waals surface area contributed by atoms with Crippen LogP contribution in [0.2, 0.25) is 10.0 Å². The maximum absolute atomic E-state index is 11.8. The SMILES string of the molecule is CCCNS(=O)(=O)c1cc(C)c(Cl)cc1Cl. The van der Waals surface area contributed by atoms with Crippen molar-refractivity contribution < 1.29 is 8.42 Å². The zero-order valence-electron chi connectivity index (χ0n) is 9.05. The third kappa shape index (κ3) is 3.10. The smallest absolute Gasteiger partial charge is 0.211 e. The van der Waals surface area contributed by atoms with Gasteiger partial charge in [0.15, 0.2) is 0 Å². The minimum atomic E-state index is -3.53. The lowest BCUT2D eigenvalue weighted by Gasteiger charge is -2.09. The topological polar surface area (TPSA) is 46.2 Å². The molecule has 0 fully saturated rings. The molecule has 1 rings (SSSR count). The van der Waals surface area contributed by atoms with Gasteiger partial charge in [-0.1, -0.05) is 30.1 Å². The van der Waals surface area contributed by atoms with Crippen molar-refractivity contribution in [2.75, 3.05) is 6.54 Å². The molecule has 0 aliphatic heterocycles. The van der Waals surface area contributed by atoms with E-state index in [0.717, 1.165) is 6.42 Å². The fourth-order valence-electron chi connectivity index (χ4n) is 1.15. The van der Waals surface area contributed by atoms with E-state index in [1.807, 2.05) is 6.92 Å². The van der Waals surface area contributed by atoms with Gasteiger partial charge in [0.1, 0.15) is 4.90 Å². The van der Waals surface area contributed by atoms with Gasteiger partial charge in [-0.15, -0.1) is 0 Å². The van der Waals surface area contributed by atoms with E-state index >= 15 is 0 Å². The largest absolute Gasteiger partial charge is 0.242 e. The highest BCUT2D eigenvalue weighted by atomic mass is 35.5. The third-order valence-corrected chi connectivity index (χ3v) is 4.38. The van der Waals surface area contributed by atoms with Gasteiger partial charge >= 0.3 is 0 Å². The van der Waals surface area contributed by atoms with Gasteiger partial charge in [-0.05, 0) is 31.0 Å². The van der Waals surface area contributed by atoms with Gasteiger partial charge in [0.2, 0.25) is 10.0 Å². The molecule has 6 heteroatoms. The third-order valence-electron chi connectivity index (χ3n) is 2.04. The lowest BCUT2D eigenvalue weighted by atomic mass is 10.2. The zero-order chi connectivity index (χ0) is 12.3. The molecular formula is C10H13Cl2NO2S. The fourth-order valence-corrected chi connectivity index (χ4v) is 3.11. The first-order chi connectivity index (χ1) is 7.38. The Balaban J connectivity index is 3.18. The predicted molar refractivity (Wildman–Crippen MR) is 66.7 cm³/mol. The number of halogens is 2. The van der Waals surface area contributed by atoms with Crippen LogP contribution in [0.1, 0.15) is 18.9 Å². The van der Waals surface area contributed by atoms with Crippen LogP contribution in [-0.2, 0) is 10.0 Å². The monoisotopic (exact) mass is 281 g/mol. The van der Waals surface area contributed by atoms with E-state index in [4.69, 9.17) is 23.2 Å². The van der Waals surface area contributed by atoms with Crippen LogP contribution in [0, 0.1) is 6.92 Å². The minimum absolute atomic E-state index is 0.0736. The zero-order valence-corrected chi connectivity index (χ0v) is 11.4. The average molecular weight is 282 g/mol. The molecule has 0 unspecified atom stereocenters. The van der Waals surface area contributed by atoms with E-state index in [0.29, 0.717) is 17.1 Å². The van der Waals surface area contributed by atoms with Gasteiger partial charge in [-0.25, -0.2) is 13.1 Å². The normalized spacial score (nSPS) is 11.8. The molecule has 0 spiro atoms. The highest BCUT2D eigenvalue weighted by molar-refractivity contribution is 7.89. The van der Waals surface area contributed by atoms with Crippen LogP contribution in [0.15, 0.2) is 17.0 Å². The van der Waals surface area contributed by atoms with Crippen molar-refractivity contribution in [1.29, 1.82) is 0 Å². The predicted octanol–water partition coefficient (Wildman–Crippen LogP) is 2.99. The molecule has 0 radical (unpaired) electrons. The van der Waals surface area contributed by atoms with Crippen LogP contribution in [0.3, 0.4) is 0 Å². The first kappa shape index (κ1) is 13.8. The number of rotatable bonds is 4. The molecule has 0 bridgehead atoms. The molecule has 1 N–H and O–H groups in total. The number of benzene rings is 1. The number of hydrogen-bond acceptors (Lipinski definition) is 2. The Morgan fingerprint density at radius 3 is 2.44 bits per heavy atom. The molecule has 0 saturated carbocycles. The first-order valence-corrected chi connectivity index (χ1v) is 7.07. The molecule has 0 aliphatic carbocycles. The summed E-state index contributed by atoms with van der Waals surface area (Å²) in [5.74, 6) is 0. The van der Waals surface area contributed by atoms with Crippen molar-refractivity contribution in [2.24, 2.45) is 0 Å². The fraction of sp³-hybridized carbons (Fsp3) is 0.400. The van der Waals surface area contributed by atoms with Crippen LogP contribution in [0.25, 0.3) is 0 Å². The summed E-state index contributed by atoms with van der Waals surface area (Å²) in [5.41, 5.74) is 0.683. The Morgan fingerprint density at radius 2 is 1.88 bits per heavy atom. The van der Waals surface area contributed by atoms with E-state index in [-0.39, 0.29) is 9.92 Å². The van der Waals surface area contributed by atoms with Crippen molar-refractivity contribution in [2.45, 2.75) is 25.2 Å². The van der Waals surface area contributed by atoms with Crippen molar-refractivity contribution >= 4 is 33.2 Å². The highest BCUT2D eigenvalue weighted by Crippen LogP contribution is 2.27. The first-order valence-electron chi connectivity index (χ1n) is 4.83. The number of nitrogens with one attached hydrogen (secondary N) is 1. The molecule has 16 heavy (non-hydrogen) atoms. The second-order valence-electron chi connectivity index (χ2n) is 3.43. The molecular weight excluding hydrogens is 269 g/mol. The molecule has 0 aromatic heterocycles. The molecule has 0 aliphatic rings. The van der Waals surface area contributed by atoms with Gasteiger partial charge in [-0.2, -0.15) is 0 Å². The molecule has 0 amide bonds. The van der Waals surface area contributed by atoms with Crippen molar-refractivity contribution in [3.8, 4) is 0 Å². The Labute approximate surface area is 106 Å². The molecule has 1 aromatic rings. The Morgan fingerprint density at radius 1 is 1.25 bits per heavy atom. The number of hydrogen-bond donors (Lipinski definition) is 1. The van der Waals surface area contributed by atoms with E-state index in [1.165, 1.54) is 12.1 Å². The van der Waals surface area contributed by atoms with Crippen LogP contribution >= 0.6 is 23.2 Å². The van der Waals surface area contributed by atoms with Crippen LogP contribution in [-0.4, -0.2) is 15.0 Å². The lowest BCUT2D eigenvalue weighted by molar-refractivity contribution is 0.581. The maximum atomic E-state index is 11.8. The minimum Gasteiger partial charge on any atom is -0.211 e. The van der Waals surface area contributed by atoms with E-state index < -0.39 is 10.0 Å². The van der Waals surface area contributed by atoms with Crippen molar-refractivity contribution in [1.82, 2.24) is 4.72 Å². The lowest BCUT2D eigenvalue weighted by Crippen LogP contribution is -2.24. The van der Waals surface area contributed by atoms with Crippen LogP contribution in [0.5, 0.6) is 0 Å². The summed E-state index contributed by atoms with van der Waals surface area (Å²) in [7, 11) is -3.53. The Bertz CT molecular complexity index is 486. The average Bonchev–Trinajstić information content (AvgIpc) is 2.20. The molecule has 0 saturated heterocycles. The summed E-state index contributed by atoms with van der Waals surface area (Å²) in [6.07, 6.45) is 0.726. The molecule has 90 valence electrons. The van der Waals surface area contributed by atoms with Crippen molar-refractivity contribution in [3.63, 3.8) is 0 Å². The van der Waals surface area contributed by atoms with Crippen LogP contribution < -0.4 is 4.72 Å². The molecule has 0 heterocycles. The maximum Gasteiger partial charge on any atom is 0.242 e. The van der Waals surface area contributed by atoms with E-state index in [1.54, 1.807) is 6.92 Å². The standard InChI is InChI=1S/C10H13Cl2NO2S/c1-3-4-13-16(14,15)10-5-7(2)8(11)6-9(10)12/h5-6,13H,3-4H2,1-2H3. The second-order valence-corrected chi connectivity index (χ2v) is 5.98. The molecule has 0 atom stereocenters. The number of aryl methyl sites for hydroxylation is 1. The summed E-state index contributed by atoms with van der Waals surface area (Å²) in [6, 6.07) is 2.92. The highest BCUT2D eigenvalue weighted by Gasteiger charge is 2.18. The quantitative estimate of drug-likeness (QED) is 0.922. The summed E-state index contributed by atoms with van der Waals surface area (Å²) in [5, 5.41) is 0.596. The summed E-state index contributed by atoms with van der Waals surface area (Å²) in [6.45, 7) is 4.01. The van der Waals surface area contributed by atoms with E-state index in [9.17, 15) is 8.42 Å². The summed E-state index contributed by atoms with van der Waals surface area (Å²) >= 11 is 11.7.